The van der Waals surface area contributed by atoms with Crippen LogP contribution >= 0.6 is 46.8 Å². The van der Waals surface area contributed by atoms with Gasteiger partial charge in [-0.15, -0.1) is 12.6 Å². The average molecular weight is 243 g/mol. The Morgan fingerprint density at radius 3 is 2.71 bits per heavy atom. The minimum Gasteiger partial charge on any atom is -0.186 e. The molecule has 38 valence electrons. The van der Waals surface area contributed by atoms with Gasteiger partial charge in [0.1, 0.15) is 3.70 Å². The van der Waals surface area contributed by atoms with Gasteiger partial charge in [-0.2, -0.15) is 4.37 Å². The predicted molar refractivity (Wildman–Crippen MR) is 42.1 cm³/mol. The van der Waals surface area contributed by atoms with Crippen LogP contribution < -0.4 is 0 Å². The van der Waals surface area contributed by atoms with Gasteiger partial charge in [-0.25, -0.2) is 0 Å². The van der Waals surface area contributed by atoms with Crippen molar-refractivity contribution in [2.24, 2.45) is 0 Å². The van der Waals surface area contributed by atoms with Crippen molar-refractivity contribution in [3.05, 3.63) is 9.77 Å². The maximum Gasteiger partial charge on any atom is 0.116 e. The summed E-state index contributed by atoms with van der Waals surface area (Å²) in [6.07, 6.45) is 0. The third-order valence-corrected chi connectivity index (χ3v) is 2.32. The normalized spacial score (nSPS) is 9.43. The predicted octanol–water partition coefficient (Wildman–Crippen LogP) is 2.04. The van der Waals surface area contributed by atoms with Crippen LogP contribution in [0.2, 0.25) is 0 Å². The maximum absolute atomic E-state index is 4.06. The highest BCUT2D eigenvalue weighted by Crippen LogP contribution is 2.14. The molecule has 1 heterocycles. The van der Waals surface area contributed by atoms with Gasteiger partial charge >= 0.3 is 0 Å². The van der Waals surface area contributed by atoms with Crippen LogP contribution in [0, 0.1) is 3.70 Å². The molecule has 7 heavy (non-hydrogen) atoms. The smallest absolute Gasteiger partial charge is 0.116 e. The number of aromatic nitrogens is 1. The summed E-state index contributed by atoms with van der Waals surface area (Å²) in [7, 11) is 0. The zero-order valence-electron chi connectivity index (χ0n) is 3.26. The Labute approximate surface area is 64.8 Å². The molecule has 0 fully saturated rings. The quantitative estimate of drug-likeness (QED) is 0.543. The van der Waals surface area contributed by atoms with E-state index in [0.717, 1.165) is 7.91 Å². The van der Waals surface area contributed by atoms with Crippen LogP contribution in [-0.2, 0) is 0 Å². The van der Waals surface area contributed by atoms with E-state index in [0.29, 0.717) is 0 Å². The summed E-state index contributed by atoms with van der Waals surface area (Å²) in [5.41, 5.74) is 0. The molecule has 0 unspecified atom stereocenters. The fourth-order valence-corrected chi connectivity index (χ4v) is 1.95. The average Bonchev–Trinajstić information content (AvgIpc) is 1.87. The molecule has 1 nitrogen and oxygen atoms in total. The lowest BCUT2D eigenvalue weighted by Crippen LogP contribution is -1.55. The van der Waals surface area contributed by atoms with Gasteiger partial charge in [0.05, 0.1) is 4.21 Å². The molecule has 0 saturated heterocycles. The second kappa shape index (κ2) is 2.32. The number of rotatable bonds is 0. The summed E-state index contributed by atoms with van der Waals surface area (Å²) < 4.78 is 5.97. The van der Waals surface area contributed by atoms with Crippen molar-refractivity contribution >= 4 is 46.8 Å². The molecule has 0 aliphatic rings. The fraction of sp³-hybridized carbons (Fsp3) is 0. The molecule has 0 bridgehead atoms. The number of hydrogen-bond donors (Lipinski definition) is 1. The summed E-state index contributed by atoms with van der Waals surface area (Å²) in [4.78, 5) is 0. The van der Waals surface area contributed by atoms with Gasteiger partial charge < -0.3 is 0 Å². The summed E-state index contributed by atoms with van der Waals surface area (Å²) in [6.45, 7) is 0. The van der Waals surface area contributed by atoms with Gasteiger partial charge in [-0.3, -0.25) is 0 Å². The molecule has 1 rings (SSSR count). The first-order valence-electron chi connectivity index (χ1n) is 1.60. The fourth-order valence-electron chi connectivity index (χ4n) is 0.245. The Kier molecular flexibility index (Phi) is 1.94. The summed E-state index contributed by atoms with van der Waals surface area (Å²) in [5, 5.41) is 0. The lowest BCUT2D eigenvalue weighted by Gasteiger charge is -1.64. The second-order valence-corrected chi connectivity index (χ2v) is 3.68. The van der Waals surface area contributed by atoms with E-state index < -0.39 is 0 Å². The Morgan fingerprint density at radius 1 is 1.86 bits per heavy atom. The lowest BCUT2D eigenvalue weighted by molar-refractivity contribution is 1.48. The molecule has 0 aliphatic heterocycles. The van der Waals surface area contributed by atoms with E-state index in [-0.39, 0.29) is 0 Å². The van der Waals surface area contributed by atoms with Crippen LogP contribution in [0.5, 0.6) is 0 Å². The lowest BCUT2D eigenvalue weighted by atomic mass is 10.8. The Bertz CT molecular complexity index is 145. The summed E-state index contributed by atoms with van der Waals surface area (Å²) in [6, 6.07) is 1.92. The molecule has 4 heteroatoms. The van der Waals surface area contributed by atoms with Crippen molar-refractivity contribution in [1.29, 1.82) is 0 Å². The second-order valence-electron chi connectivity index (χ2n) is 0.988. The van der Waals surface area contributed by atoms with Crippen LogP contribution in [0.4, 0.5) is 0 Å². The highest BCUT2D eigenvalue weighted by Gasteiger charge is 1.89. The highest BCUT2D eigenvalue weighted by atomic mass is 127. The molecular weight excluding hydrogens is 241 g/mol. The zero-order chi connectivity index (χ0) is 5.28. The third kappa shape index (κ3) is 1.58. The standard InChI is InChI=1S/C3H2INS2/c4-2-1-3(6)7-5-2/h1,6H. The van der Waals surface area contributed by atoms with E-state index in [9.17, 15) is 0 Å². The van der Waals surface area contributed by atoms with Crippen molar-refractivity contribution < 1.29 is 0 Å². The molecule has 0 aliphatic carbocycles. The molecule has 0 amide bonds. The highest BCUT2D eigenvalue weighted by molar-refractivity contribution is 14.1. The van der Waals surface area contributed by atoms with Crippen molar-refractivity contribution in [1.82, 2.24) is 4.37 Å². The van der Waals surface area contributed by atoms with E-state index in [4.69, 9.17) is 0 Å². The Balaban J connectivity index is 3.04. The molecular formula is C3H2INS2. The van der Waals surface area contributed by atoms with E-state index in [1.807, 2.05) is 6.07 Å². The summed E-state index contributed by atoms with van der Waals surface area (Å²) >= 11 is 7.62. The Morgan fingerprint density at radius 2 is 2.57 bits per heavy atom. The van der Waals surface area contributed by atoms with Crippen molar-refractivity contribution in [2.45, 2.75) is 4.21 Å². The van der Waals surface area contributed by atoms with Crippen LogP contribution in [0.1, 0.15) is 0 Å². The van der Waals surface area contributed by atoms with Crippen molar-refractivity contribution in [2.75, 3.05) is 0 Å². The Hall–Kier alpha value is 0.710. The number of halogens is 1. The minimum absolute atomic E-state index is 0.976. The van der Waals surface area contributed by atoms with Crippen LogP contribution in [0.3, 0.4) is 0 Å². The van der Waals surface area contributed by atoms with E-state index >= 15 is 0 Å². The molecule has 0 radical (unpaired) electrons. The minimum atomic E-state index is 0.976. The summed E-state index contributed by atoms with van der Waals surface area (Å²) in [5.74, 6) is 0. The van der Waals surface area contributed by atoms with Gasteiger partial charge in [0.15, 0.2) is 0 Å². The third-order valence-electron chi connectivity index (χ3n) is 0.469. The molecule has 0 saturated carbocycles. The first-order chi connectivity index (χ1) is 3.29. The van der Waals surface area contributed by atoms with E-state index in [2.05, 4.69) is 39.6 Å². The van der Waals surface area contributed by atoms with Crippen LogP contribution in [-0.4, -0.2) is 4.37 Å². The van der Waals surface area contributed by atoms with Gasteiger partial charge in [0.2, 0.25) is 0 Å². The number of nitrogens with zero attached hydrogens (tertiary/aromatic N) is 1. The topological polar surface area (TPSA) is 12.9 Å². The largest absolute Gasteiger partial charge is 0.186 e. The van der Waals surface area contributed by atoms with Crippen molar-refractivity contribution in [3.63, 3.8) is 0 Å². The van der Waals surface area contributed by atoms with E-state index in [1.165, 1.54) is 11.5 Å². The first-order valence-corrected chi connectivity index (χ1v) is 3.90. The van der Waals surface area contributed by atoms with E-state index in [1.54, 1.807) is 0 Å². The van der Waals surface area contributed by atoms with Gasteiger partial charge in [0.25, 0.3) is 0 Å². The first kappa shape index (κ1) is 5.84. The maximum atomic E-state index is 4.06. The molecule has 1 aromatic heterocycles. The van der Waals surface area contributed by atoms with Gasteiger partial charge in [-0.1, -0.05) is 0 Å². The number of hydrogen-bond acceptors (Lipinski definition) is 3. The van der Waals surface area contributed by atoms with Gasteiger partial charge in [0, 0.05) is 0 Å². The number of thiol groups is 1. The van der Waals surface area contributed by atoms with Crippen LogP contribution in [0.25, 0.3) is 0 Å². The molecule has 0 N–H and O–H groups in total. The zero-order valence-corrected chi connectivity index (χ0v) is 7.13. The molecule has 0 spiro atoms. The van der Waals surface area contributed by atoms with Crippen LogP contribution in [0.15, 0.2) is 10.3 Å². The molecule has 1 aromatic rings. The van der Waals surface area contributed by atoms with Crippen molar-refractivity contribution in [3.8, 4) is 0 Å². The molecule has 0 aromatic carbocycles. The monoisotopic (exact) mass is 243 g/mol. The molecule has 0 atom stereocenters. The van der Waals surface area contributed by atoms with Gasteiger partial charge in [-0.05, 0) is 40.2 Å². The SMILES string of the molecule is Sc1cc(I)ns1.